The molecule has 2 amide bonds. The Kier molecular flexibility index (Phi) is 6.07. The summed E-state index contributed by atoms with van der Waals surface area (Å²) < 4.78 is 38.4. The number of pyridine rings is 1. The predicted octanol–water partition coefficient (Wildman–Crippen LogP) is 3.73. The number of amides is 2. The van der Waals surface area contributed by atoms with Gasteiger partial charge in [-0.05, 0) is 42.3 Å². The minimum absolute atomic E-state index is 0.282. The lowest BCUT2D eigenvalue weighted by atomic mass is 10.1. The topological polar surface area (TPSA) is 57.3 Å². The monoisotopic (exact) mass is 366 g/mol. The Morgan fingerprint density at radius 1 is 1.23 bits per heavy atom. The molecule has 0 spiro atoms. The fourth-order valence-electron chi connectivity index (χ4n) is 2.31. The van der Waals surface area contributed by atoms with Gasteiger partial charge in [0, 0.05) is 26.8 Å². The van der Waals surface area contributed by atoms with E-state index in [9.17, 15) is 18.0 Å². The number of nitrogens with one attached hydrogen (secondary N) is 2. The first-order valence-electron chi connectivity index (χ1n) is 8.00. The number of benzene rings is 1. The average Bonchev–Trinajstić information content (AvgIpc) is 2.59. The van der Waals surface area contributed by atoms with Gasteiger partial charge in [0.15, 0.2) is 0 Å². The molecule has 0 aliphatic heterocycles. The van der Waals surface area contributed by atoms with Crippen LogP contribution in [-0.2, 0) is 12.7 Å². The molecule has 1 aromatic heterocycles. The van der Waals surface area contributed by atoms with E-state index in [0.29, 0.717) is 5.56 Å². The molecule has 1 aromatic carbocycles. The molecule has 2 aromatic rings. The molecule has 140 valence electrons. The van der Waals surface area contributed by atoms with E-state index in [0.717, 1.165) is 23.5 Å². The lowest BCUT2D eigenvalue weighted by Gasteiger charge is -2.17. The van der Waals surface area contributed by atoms with Gasteiger partial charge in [0.25, 0.3) is 0 Å². The second kappa shape index (κ2) is 8.07. The Hall–Kier alpha value is -2.77. The first kappa shape index (κ1) is 19.6. The van der Waals surface area contributed by atoms with Gasteiger partial charge < -0.3 is 15.5 Å². The summed E-state index contributed by atoms with van der Waals surface area (Å²) in [7, 11) is 3.73. The third kappa shape index (κ3) is 5.37. The van der Waals surface area contributed by atoms with Crippen molar-refractivity contribution in [2.75, 3.05) is 19.0 Å². The zero-order valence-corrected chi connectivity index (χ0v) is 14.8. The number of halogens is 3. The van der Waals surface area contributed by atoms with E-state index in [2.05, 4.69) is 15.6 Å². The third-order valence-corrected chi connectivity index (χ3v) is 3.78. The number of anilines is 1. The van der Waals surface area contributed by atoms with Gasteiger partial charge in [-0.15, -0.1) is 0 Å². The number of hydrogen-bond acceptors (Lipinski definition) is 3. The van der Waals surface area contributed by atoms with E-state index in [-0.39, 0.29) is 6.54 Å². The molecular formula is C18H21F3N4O. The molecule has 0 bridgehead atoms. The van der Waals surface area contributed by atoms with Crippen LogP contribution in [0.1, 0.15) is 29.7 Å². The zero-order chi connectivity index (χ0) is 19.3. The molecule has 0 aliphatic rings. The molecule has 2 N–H and O–H groups in total. The second-order valence-electron chi connectivity index (χ2n) is 6.09. The summed E-state index contributed by atoms with van der Waals surface area (Å²) in [6, 6.07) is 7.52. The summed E-state index contributed by atoms with van der Waals surface area (Å²) in [5.41, 5.74) is 0.511. The fourth-order valence-corrected chi connectivity index (χ4v) is 2.31. The number of nitrogens with zero attached hydrogens (tertiary/aromatic N) is 2. The first-order valence-corrected chi connectivity index (χ1v) is 8.00. The van der Waals surface area contributed by atoms with Crippen molar-refractivity contribution >= 4 is 11.8 Å². The van der Waals surface area contributed by atoms with E-state index < -0.39 is 23.8 Å². The van der Waals surface area contributed by atoms with Crippen LogP contribution in [0.5, 0.6) is 0 Å². The van der Waals surface area contributed by atoms with Gasteiger partial charge in [-0.25, -0.2) is 9.78 Å². The Balaban J connectivity index is 1.94. The number of rotatable bonds is 5. The average molecular weight is 366 g/mol. The molecule has 8 heteroatoms. The smallest absolute Gasteiger partial charge is 0.363 e. The van der Waals surface area contributed by atoms with E-state index in [1.54, 1.807) is 25.3 Å². The summed E-state index contributed by atoms with van der Waals surface area (Å²) in [4.78, 5) is 18.1. The molecule has 0 saturated carbocycles. The van der Waals surface area contributed by atoms with Crippen LogP contribution < -0.4 is 15.5 Å². The largest absolute Gasteiger partial charge is 0.416 e. The maximum absolute atomic E-state index is 12.8. The molecular weight excluding hydrogens is 345 g/mol. The van der Waals surface area contributed by atoms with Gasteiger partial charge in [0.05, 0.1) is 11.6 Å². The van der Waals surface area contributed by atoms with Crippen molar-refractivity contribution in [3.63, 3.8) is 0 Å². The van der Waals surface area contributed by atoms with E-state index in [4.69, 9.17) is 0 Å². The molecule has 2 rings (SSSR count). The Morgan fingerprint density at radius 3 is 2.62 bits per heavy atom. The quantitative estimate of drug-likeness (QED) is 0.848. The van der Waals surface area contributed by atoms with Crippen molar-refractivity contribution in [2.24, 2.45) is 0 Å². The van der Waals surface area contributed by atoms with Crippen molar-refractivity contribution in [3.05, 3.63) is 59.3 Å². The molecule has 1 heterocycles. The lowest BCUT2D eigenvalue weighted by Crippen LogP contribution is -2.36. The normalized spacial score (nSPS) is 12.4. The number of carbonyl (C=O) groups is 1. The number of aromatic nitrogens is 1. The van der Waals surface area contributed by atoms with E-state index >= 15 is 0 Å². The minimum atomic E-state index is -4.41. The van der Waals surface area contributed by atoms with Crippen LogP contribution in [0.3, 0.4) is 0 Å². The first-order chi connectivity index (χ1) is 12.2. The minimum Gasteiger partial charge on any atom is -0.363 e. The fraction of sp³-hybridized carbons (Fsp3) is 0.333. The highest BCUT2D eigenvalue weighted by Crippen LogP contribution is 2.30. The Labute approximate surface area is 150 Å². The van der Waals surface area contributed by atoms with Gasteiger partial charge in [-0.3, -0.25) is 0 Å². The third-order valence-electron chi connectivity index (χ3n) is 3.78. The molecule has 0 saturated heterocycles. The summed E-state index contributed by atoms with van der Waals surface area (Å²) in [6.07, 6.45) is -2.76. The molecule has 1 atom stereocenters. The van der Waals surface area contributed by atoms with Crippen LogP contribution in [0.4, 0.5) is 23.8 Å². The SMILES string of the molecule is C[C@H](NC(=O)NCc1ccnc(N(C)C)c1)c1cccc(C(F)(F)F)c1. The molecule has 26 heavy (non-hydrogen) atoms. The van der Waals surface area contributed by atoms with Crippen LogP contribution in [0, 0.1) is 0 Å². The number of alkyl halides is 3. The number of urea groups is 1. The maximum Gasteiger partial charge on any atom is 0.416 e. The molecule has 0 radical (unpaired) electrons. The van der Waals surface area contributed by atoms with Gasteiger partial charge >= 0.3 is 12.2 Å². The number of carbonyl (C=O) groups excluding carboxylic acids is 1. The van der Waals surface area contributed by atoms with Gasteiger partial charge in [0.1, 0.15) is 5.82 Å². The highest BCUT2D eigenvalue weighted by molar-refractivity contribution is 5.74. The van der Waals surface area contributed by atoms with Crippen LogP contribution in [0.25, 0.3) is 0 Å². The van der Waals surface area contributed by atoms with Crippen molar-refractivity contribution in [3.8, 4) is 0 Å². The summed E-state index contributed by atoms with van der Waals surface area (Å²) >= 11 is 0. The van der Waals surface area contributed by atoms with Crippen molar-refractivity contribution in [1.29, 1.82) is 0 Å². The molecule has 0 aliphatic carbocycles. The zero-order valence-electron chi connectivity index (χ0n) is 14.8. The van der Waals surface area contributed by atoms with Crippen molar-refractivity contribution in [2.45, 2.75) is 25.7 Å². The second-order valence-corrected chi connectivity index (χ2v) is 6.09. The van der Waals surface area contributed by atoms with E-state index in [1.165, 1.54) is 6.07 Å². The highest BCUT2D eigenvalue weighted by Gasteiger charge is 2.30. The molecule has 5 nitrogen and oxygen atoms in total. The van der Waals surface area contributed by atoms with Crippen LogP contribution in [0.15, 0.2) is 42.6 Å². The molecule has 0 fully saturated rings. The predicted molar refractivity (Wildman–Crippen MR) is 93.8 cm³/mol. The van der Waals surface area contributed by atoms with Crippen LogP contribution in [-0.4, -0.2) is 25.1 Å². The van der Waals surface area contributed by atoms with Gasteiger partial charge in [-0.2, -0.15) is 13.2 Å². The molecule has 0 unspecified atom stereocenters. The summed E-state index contributed by atoms with van der Waals surface area (Å²) in [5.74, 6) is 0.766. The Bertz CT molecular complexity index is 762. The van der Waals surface area contributed by atoms with Crippen molar-refractivity contribution < 1.29 is 18.0 Å². The number of hydrogen-bond donors (Lipinski definition) is 2. The standard InChI is InChI=1S/C18H21F3N4O/c1-12(14-5-4-6-15(10-14)18(19,20)21)24-17(26)23-11-13-7-8-22-16(9-13)25(2)3/h4-10,12H,11H2,1-3H3,(H2,23,24,26)/t12-/m0/s1. The van der Waals surface area contributed by atoms with Gasteiger partial charge in [0.2, 0.25) is 0 Å². The van der Waals surface area contributed by atoms with Crippen molar-refractivity contribution in [1.82, 2.24) is 15.6 Å². The van der Waals surface area contributed by atoms with E-state index in [1.807, 2.05) is 25.1 Å². The van der Waals surface area contributed by atoms with Gasteiger partial charge in [-0.1, -0.05) is 12.1 Å². The maximum atomic E-state index is 12.8. The highest BCUT2D eigenvalue weighted by atomic mass is 19.4. The van der Waals surface area contributed by atoms with Crippen LogP contribution >= 0.6 is 0 Å². The Morgan fingerprint density at radius 2 is 1.96 bits per heavy atom. The summed E-state index contributed by atoms with van der Waals surface area (Å²) in [6.45, 7) is 1.91. The lowest BCUT2D eigenvalue weighted by molar-refractivity contribution is -0.137. The van der Waals surface area contributed by atoms with Crippen LogP contribution in [0.2, 0.25) is 0 Å². The summed E-state index contributed by atoms with van der Waals surface area (Å²) in [5, 5.41) is 5.33.